The van der Waals surface area contributed by atoms with Crippen molar-refractivity contribution in [1.29, 1.82) is 0 Å². The van der Waals surface area contributed by atoms with Crippen molar-refractivity contribution in [2.75, 3.05) is 0 Å². The predicted octanol–water partition coefficient (Wildman–Crippen LogP) is 2.76. The number of benzene rings is 1. The van der Waals surface area contributed by atoms with E-state index in [0.717, 1.165) is 17.0 Å². The van der Waals surface area contributed by atoms with Gasteiger partial charge in [-0.3, -0.25) is 0 Å². The van der Waals surface area contributed by atoms with Crippen LogP contribution in [0.25, 0.3) is 11.3 Å². The van der Waals surface area contributed by atoms with Gasteiger partial charge in [-0.1, -0.05) is 11.6 Å². The highest BCUT2D eigenvalue weighted by Gasteiger charge is 2.10. The second kappa shape index (κ2) is 4.04. The Bertz CT molecular complexity index is 462. The first-order valence-corrected chi connectivity index (χ1v) is 5.01. The molecule has 0 bridgehead atoms. The van der Waals surface area contributed by atoms with Crippen molar-refractivity contribution in [1.82, 2.24) is 4.98 Å². The number of hydrogen-bond donors (Lipinski definition) is 1. The van der Waals surface area contributed by atoms with Gasteiger partial charge in [-0.05, 0) is 31.2 Å². The maximum atomic E-state index is 5.81. The molecular weight excluding hydrogens is 212 g/mol. The van der Waals surface area contributed by atoms with Crippen molar-refractivity contribution in [2.45, 2.75) is 13.5 Å². The minimum Gasteiger partial charge on any atom is -0.439 e. The maximum Gasteiger partial charge on any atom is 0.208 e. The van der Waals surface area contributed by atoms with Gasteiger partial charge in [-0.25, -0.2) is 4.98 Å². The number of aromatic nitrogens is 1. The first-order chi connectivity index (χ1) is 7.20. The fourth-order valence-corrected chi connectivity index (χ4v) is 1.53. The lowest BCUT2D eigenvalue weighted by Crippen LogP contribution is -1.95. The molecule has 0 fully saturated rings. The Morgan fingerprint density at radius 2 is 2.00 bits per heavy atom. The summed E-state index contributed by atoms with van der Waals surface area (Å²) in [6.07, 6.45) is 0. The molecule has 15 heavy (non-hydrogen) atoms. The Morgan fingerprint density at radius 1 is 1.33 bits per heavy atom. The smallest absolute Gasteiger partial charge is 0.208 e. The summed E-state index contributed by atoms with van der Waals surface area (Å²) in [5.74, 6) is 1.31. The lowest BCUT2D eigenvalue weighted by atomic mass is 10.1. The van der Waals surface area contributed by atoms with E-state index in [4.69, 9.17) is 21.8 Å². The average molecular weight is 223 g/mol. The van der Waals surface area contributed by atoms with Crippen molar-refractivity contribution >= 4 is 11.6 Å². The molecule has 0 saturated carbocycles. The zero-order valence-electron chi connectivity index (χ0n) is 8.33. The number of aryl methyl sites for hydroxylation is 1. The van der Waals surface area contributed by atoms with Gasteiger partial charge in [0.15, 0.2) is 5.76 Å². The minimum absolute atomic E-state index is 0.314. The summed E-state index contributed by atoms with van der Waals surface area (Å²) in [4.78, 5) is 4.20. The number of hydrogen-bond acceptors (Lipinski definition) is 3. The summed E-state index contributed by atoms with van der Waals surface area (Å²) in [6.45, 7) is 2.21. The molecule has 2 rings (SSSR count). The van der Waals surface area contributed by atoms with E-state index in [0.29, 0.717) is 17.5 Å². The molecule has 1 aromatic heterocycles. The van der Waals surface area contributed by atoms with Crippen LogP contribution in [0, 0.1) is 6.92 Å². The molecule has 2 N–H and O–H groups in total. The van der Waals surface area contributed by atoms with Crippen LogP contribution in [-0.2, 0) is 6.54 Å². The summed E-state index contributed by atoms with van der Waals surface area (Å²) in [7, 11) is 0. The maximum absolute atomic E-state index is 5.81. The zero-order valence-corrected chi connectivity index (χ0v) is 9.08. The third-order valence-electron chi connectivity index (χ3n) is 2.12. The van der Waals surface area contributed by atoms with Gasteiger partial charge in [0.25, 0.3) is 0 Å². The number of nitrogens with zero attached hydrogens (tertiary/aromatic N) is 1. The van der Waals surface area contributed by atoms with E-state index in [2.05, 4.69) is 4.98 Å². The van der Waals surface area contributed by atoms with Crippen LogP contribution in [0.3, 0.4) is 0 Å². The van der Waals surface area contributed by atoms with Gasteiger partial charge >= 0.3 is 0 Å². The molecule has 0 spiro atoms. The molecule has 0 aliphatic rings. The van der Waals surface area contributed by atoms with E-state index in [1.54, 1.807) is 0 Å². The SMILES string of the molecule is Cc1nc(CN)oc1-c1ccc(Cl)cc1. The van der Waals surface area contributed by atoms with Gasteiger partial charge in [0, 0.05) is 10.6 Å². The third-order valence-corrected chi connectivity index (χ3v) is 2.37. The normalized spacial score (nSPS) is 10.6. The highest BCUT2D eigenvalue weighted by molar-refractivity contribution is 6.30. The van der Waals surface area contributed by atoms with Crippen LogP contribution < -0.4 is 5.73 Å². The van der Waals surface area contributed by atoms with Crippen molar-refractivity contribution in [3.63, 3.8) is 0 Å². The topological polar surface area (TPSA) is 52.0 Å². The van der Waals surface area contributed by atoms with E-state index in [1.807, 2.05) is 31.2 Å². The van der Waals surface area contributed by atoms with Gasteiger partial charge in [0.05, 0.1) is 12.2 Å². The summed E-state index contributed by atoms with van der Waals surface area (Å²) < 4.78 is 5.51. The Kier molecular flexibility index (Phi) is 2.75. The second-order valence-corrected chi connectivity index (χ2v) is 3.67. The monoisotopic (exact) mass is 222 g/mol. The Morgan fingerprint density at radius 3 is 2.53 bits per heavy atom. The van der Waals surface area contributed by atoms with Crippen molar-refractivity contribution in [3.05, 3.63) is 40.9 Å². The molecule has 1 aromatic carbocycles. The minimum atomic E-state index is 0.314. The first-order valence-electron chi connectivity index (χ1n) is 4.63. The second-order valence-electron chi connectivity index (χ2n) is 3.23. The summed E-state index contributed by atoms with van der Waals surface area (Å²) in [5, 5.41) is 0.704. The molecule has 3 nitrogen and oxygen atoms in total. The lowest BCUT2D eigenvalue weighted by Gasteiger charge is -1.97. The van der Waals surface area contributed by atoms with Gasteiger partial charge in [-0.2, -0.15) is 0 Å². The summed E-state index contributed by atoms with van der Waals surface area (Å²) in [6, 6.07) is 7.44. The molecule has 0 saturated heterocycles. The number of nitrogens with two attached hydrogens (primary N) is 1. The van der Waals surface area contributed by atoms with Crippen LogP contribution in [0.1, 0.15) is 11.6 Å². The lowest BCUT2D eigenvalue weighted by molar-refractivity contribution is 0.509. The largest absolute Gasteiger partial charge is 0.439 e. The first kappa shape index (κ1) is 10.2. The molecule has 2 aromatic rings. The van der Waals surface area contributed by atoms with E-state index in [-0.39, 0.29) is 0 Å². The molecule has 0 aliphatic heterocycles. The van der Waals surface area contributed by atoms with Crippen molar-refractivity contribution in [2.24, 2.45) is 5.73 Å². The summed E-state index contributed by atoms with van der Waals surface area (Å²) >= 11 is 5.81. The van der Waals surface area contributed by atoms with Gasteiger partial charge in [-0.15, -0.1) is 0 Å². The summed E-state index contributed by atoms with van der Waals surface area (Å²) in [5.41, 5.74) is 7.26. The molecule has 78 valence electrons. The van der Waals surface area contributed by atoms with Gasteiger partial charge < -0.3 is 10.2 Å². The molecule has 0 amide bonds. The van der Waals surface area contributed by atoms with Crippen molar-refractivity contribution in [3.8, 4) is 11.3 Å². The van der Waals surface area contributed by atoms with Crippen LogP contribution in [0.4, 0.5) is 0 Å². The van der Waals surface area contributed by atoms with Crippen LogP contribution in [0.5, 0.6) is 0 Å². The molecule has 0 unspecified atom stereocenters. The highest BCUT2D eigenvalue weighted by Crippen LogP contribution is 2.25. The standard InChI is InChI=1S/C11H11ClN2O/c1-7-11(15-10(6-13)14-7)8-2-4-9(12)5-3-8/h2-5H,6,13H2,1H3. The van der Waals surface area contributed by atoms with Crippen LogP contribution in [0.15, 0.2) is 28.7 Å². The zero-order chi connectivity index (χ0) is 10.8. The Labute approximate surface area is 92.9 Å². The highest BCUT2D eigenvalue weighted by atomic mass is 35.5. The van der Waals surface area contributed by atoms with E-state index in [9.17, 15) is 0 Å². The number of rotatable bonds is 2. The molecule has 0 radical (unpaired) electrons. The Balaban J connectivity index is 2.44. The number of oxazole rings is 1. The number of halogens is 1. The Hall–Kier alpha value is -1.32. The van der Waals surface area contributed by atoms with Gasteiger partial charge in [0.1, 0.15) is 0 Å². The predicted molar refractivity (Wildman–Crippen MR) is 59.6 cm³/mol. The van der Waals surface area contributed by atoms with Gasteiger partial charge in [0.2, 0.25) is 5.89 Å². The quantitative estimate of drug-likeness (QED) is 0.850. The fourth-order valence-electron chi connectivity index (χ4n) is 1.41. The van der Waals surface area contributed by atoms with E-state index in [1.165, 1.54) is 0 Å². The van der Waals surface area contributed by atoms with Crippen molar-refractivity contribution < 1.29 is 4.42 Å². The van der Waals surface area contributed by atoms with Crippen LogP contribution in [0.2, 0.25) is 5.02 Å². The molecule has 0 aliphatic carbocycles. The van der Waals surface area contributed by atoms with Crippen LogP contribution >= 0.6 is 11.6 Å². The molecular formula is C11H11ClN2O. The van der Waals surface area contributed by atoms with E-state index < -0.39 is 0 Å². The average Bonchev–Trinajstić information content (AvgIpc) is 2.61. The third kappa shape index (κ3) is 2.03. The van der Waals surface area contributed by atoms with E-state index >= 15 is 0 Å². The van der Waals surface area contributed by atoms with Crippen LogP contribution in [-0.4, -0.2) is 4.98 Å². The molecule has 1 heterocycles. The fraction of sp³-hybridized carbons (Fsp3) is 0.182. The molecule has 4 heteroatoms. The molecule has 0 atom stereocenters.